The predicted octanol–water partition coefficient (Wildman–Crippen LogP) is 4.11. The van der Waals surface area contributed by atoms with Crippen LogP contribution in [0.2, 0.25) is 0 Å². The van der Waals surface area contributed by atoms with Gasteiger partial charge in [0.05, 0.1) is 0 Å². The van der Waals surface area contributed by atoms with Crippen LogP contribution < -0.4 is 0 Å². The van der Waals surface area contributed by atoms with E-state index in [1.165, 1.54) is 6.07 Å². The average molecular weight is 455 g/mol. The Bertz CT molecular complexity index is 445. The van der Waals surface area contributed by atoms with Crippen LogP contribution in [0.1, 0.15) is 16.7 Å². The van der Waals surface area contributed by atoms with Crippen molar-refractivity contribution in [2.45, 2.75) is 19.3 Å². The number of rotatable bonds is 0. The van der Waals surface area contributed by atoms with E-state index in [2.05, 4.69) is 0 Å². The molecule has 0 aliphatic rings. The van der Waals surface area contributed by atoms with E-state index < -0.39 is 40.7 Å². The monoisotopic (exact) mass is 456 g/mol. The maximum absolute atomic E-state index is 13.0. The van der Waals surface area contributed by atoms with Crippen LogP contribution in [0.25, 0.3) is 0 Å². The molecule has 0 bridgehead atoms. The molecular formula is C9H3F8Ir-. The van der Waals surface area contributed by atoms with E-state index in [1.807, 2.05) is 0 Å². The van der Waals surface area contributed by atoms with Crippen LogP contribution in [0.4, 0.5) is 35.1 Å². The molecule has 9 heteroatoms. The predicted molar refractivity (Wildman–Crippen MR) is 39.9 cm³/mol. The molecule has 0 aliphatic heterocycles. The summed E-state index contributed by atoms with van der Waals surface area (Å²) in [6.07, 6.45) is -10.9. The van der Waals surface area contributed by atoms with Gasteiger partial charge in [0.15, 0.2) is 0 Å². The number of alkyl halides is 6. The van der Waals surface area contributed by atoms with Gasteiger partial charge in [-0.15, -0.1) is 5.56 Å². The Morgan fingerprint density at radius 2 is 1.28 bits per heavy atom. The minimum atomic E-state index is -5.55. The SMILES string of the molecule is Cc1[c-]c(C(F)(F)F)c(F)c(C(F)(F)F)c1F.[Ir]. The topological polar surface area (TPSA) is 0 Å². The fraction of sp³-hybridized carbons (Fsp3) is 0.333. The maximum atomic E-state index is 13.0. The number of benzene rings is 1. The third-order valence-electron chi connectivity index (χ3n) is 1.87. The molecule has 0 atom stereocenters. The van der Waals surface area contributed by atoms with Gasteiger partial charge in [-0.25, -0.2) is 0 Å². The maximum Gasteiger partial charge on any atom is 0.400 e. The molecule has 0 aromatic heterocycles. The summed E-state index contributed by atoms with van der Waals surface area (Å²) in [6.45, 7) is 0.638. The molecule has 0 nitrogen and oxygen atoms in total. The van der Waals surface area contributed by atoms with Crippen molar-refractivity contribution in [3.05, 3.63) is 34.4 Å². The van der Waals surface area contributed by atoms with E-state index in [1.54, 1.807) is 0 Å². The zero-order valence-corrected chi connectivity index (χ0v) is 10.8. The van der Waals surface area contributed by atoms with E-state index >= 15 is 0 Å². The molecule has 0 aliphatic carbocycles. The van der Waals surface area contributed by atoms with Gasteiger partial charge in [0.2, 0.25) is 0 Å². The smallest absolute Gasteiger partial charge is 0.283 e. The average Bonchev–Trinajstić information content (AvgIpc) is 2.07. The molecule has 0 fully saturated rings. The van der Waals surface area contributed by atoms with E-state index in [0.717, 1.165) is 0 Å². The summed E-state index contributed by atoms with van der Waals surface area (Å²) in [7, 11) is 0. The standard InChI is InChI=1S/C9H3F8.Ir/c1-3-2-4(8(12,13)14)7(11)5(6(3)10)9(15,16)17;/h1H3;/q-1;. The van der Waals surface area contributed by atoms with Crippen LogP contribution in [0, 0.1) is 24.6 Å². The molecule has 0 N–H and O–H groups in total. The minimum Gasteiger partial charge on any atom is -0.283 e. The van der Waals surface area contributed by atoms with E-state index in [9.17, 15) is 35.1 Å². The van der Waals surface area contributed by atoms with Gasteiger partial charge in [0.1, 0.15) is 0 Å². The van der Waals surface area contributed by atoms with E-state index in [-0.39, 0.29) is 20.1 Å². The third kappa shape index (κ3) is 3.20. The first-order valence-electron chi connectivity index (χ1n) is 4.01. The van der Waals surface area contributed by atoms with Crippen molar-refractivity contribution in [1.82, 2.24) is 0 Å². The van der Waals surface area contributed by atoms with Gasteiger partial charge in [0, 0.05) is 37.3 Å². The summed E-state index contributed by atoms with van der Waals surface area (Å²) < 4.78 is 99.1. The van der Waals surface area contributed by atoms with Gasteiger partial charge in [-0.3, -0.25) is 8.78 Å². The molecule has 0 spiro atoms. The first-order valence-corrected chi connectivity index (χ1v) is 4.01. The quantitative estimate of drug-likeness (QED) is 0.408. The van der Waals surface area contributed by atoms with E-state index in [0.29, 0.717) is 6.92 Å². The van der Waals surface area contributed by atoms with Gasteiger partial charge in [-0.1, -0.05) is 6.92 Å². The van der Waals surface area contributed by atoms with Gasteiger partial charge in [0.25, 0.3) is 0 Å². The number of aryl methyl sites for hydroxylation is 1. The first-order chi connectivity index (χ1) is 7.46. The molecule has 0 saturated heterocycles. The van der Waals surface area contributed by atoms with Crippen LogP contribution in [0.3, 0.4) is 0 Å². The molecule has 1 rings (SSSR count). The molecule has 105 valence electrons. The second kappa shape index (κ2) is 5.13. The summed E-state index contributed by atoms with van der Waals surface area (Å²) in [5, 5.41) is 0. The molecule has 0 heterocycles. The minimum absolute atomic E-state index is 0. The first kappa shape index (κ1) is 17.3. The van der Waals surface area contributed by atoms with Crippen molar-refractivity contribution in [2.24, 2.45) is 0 Å². The van der Waals surface area contributed by atoms with Crippen LogP contribution in [-0.4, -0.2) is 0 Å². The van der Waals surface area contributed by atoms with Crippen molar-refractivity contribution in [3.8, 4) is 0 Å². The molecular weight excluding hydrogens is 452 g/mol. The summed E-state index contributed by atoms with van der Waals surface area (Å²) in [5.74, 6) is -4.80. The largest absolute Gasteiger partial charge is 0.400 e. The van der Waals surface area contributed by atoms with Gasteiger partial charge in [-0.2, -0.15) is 32.4 Å². The second-order valence-corrected chi connectivity index (χ2v) is 3.12. The normalized spacial score (nSPS) is 12.3. The Morgan fingerprint density at radius 1 is 0.833 bits per heavy atom. The molecule has 1 aromatic carbocycles. The molecule has 1 radical (unpaired) electrons. The number of hydrogen-bond acceptors (Lipinski definition) is 0. The number of halogens is 8. The Balaban J connectivity index is 0.00000289. The third-order valence-corrected chi connectivity index (χ3v) is 1.87. The zero-order valence-electron chi connectivity index (χ0n) is 8.36. The fourth-order valence-corrected chi connectivity index (χ4v) is 1.15. The van der Waals surface area contributed by atoms with Crippen molar-refractivity contribution >= 4 is 0 Å². The molecule has 0 saturated carbocycles. The van der Waals surface area contributed by atoms with Gasteiger partial charge in [-0.05, 0) is 5.56 Å². The summed E-state index contributed by atoms with van der Waals surface area (Å²) in [6, 6.07) is 1.22. The Kier molecular flexibility index (Phi) is 4.93. The van der Waals surface area contributed by atoms with Crippen molar-refractivity contribution in [2.75, 3.05) is 0 Å². The summed E-state index contributed by atoms with van der Waals surface area (Å²) >= 11 is 0. The van der Waals surface area contributed by atoms with Crippen LogP contribution in [0.15, 0.2) is 0 Å². The molecule has 18 heavy (non-hydrogen) atoms. The van der Waals surface area contributed by atoms with Crippen molar-refractivity contribution < 1.29 is 55.2 Å². The molecule has 0 amide bonds. The van der Waals surface area contributed by atoms with Crippen molar-refractivity contribution in [3.63, 3.8) is 0 Å². The van der Waals surface area contributed by atoms with Gasteiger partial charge < -0.3 is 0 Å². The van der Waals surface area contributed by atoms with Crippen LogP contribution in [-0.2, 0) is 32.5 Å². The van der Waals surface area contributed by atoms with Crippen molar-refractivity contribution in [1.29, 1.82) is 0 Å². The molecule has 0 unspecified atom stereocenters. The Morgan fingerprint density at radius 3 is 1.61 bits per heavy atom. The summed E-state index contributed by atoms with van der Waals surface area (Å²) in [4.78, 5) is 0. The van der Waals surface area contributed by atoms with Gasteiger partial charge >= 0.3 is 12.4 Å². The van der Waals surface area contributed by atoms with Crippen LogP contribution >= 0.6 is 0 Å². The van der Waals surface area contributed by atoms with E-state index in [4.69, 9.17) is 0 Å². The fourth-order valence-electron chi connectivity index (χ4n) is 1.15. The Labute approximate surface area is 109 Å². The second-order valence-electron chi connectivity index (χ2n) is 3.12. The number of hydrogen-bond donors (Lipinski definition) is 0. The van der Waals surface area contributed by atoms with Crippen LogP contribution in [0.5, 0.6) is 0 Å². The Hall–Kier alpha value is -0.691. The summed E-state index contributed by atoms with van der Waals surface area (Å²) in [5.41, 5.74) is -5.86. The molecule has 1 aromatic rings. The zero-order chi connectivity index (χ0) is 13.6.